The number of nitrogens with one attached hydrogen (secondary N) is 2. The molecule has 8 rings (SSSR count). The van der Waals surface area contributed by atoms with Crippen LogP contribution in [0.25, 0.3) is 0 Å². The summed E-state index contributed by atoms with van der Waals surface area (Å²) < 4.78 is 56.4. The summed E-state index contributed by atoms with van der Waals surface area (Å²) in [6.07, 6.45) is 1.63. The topological polar surface area (TPSA) is 165 Å². The van der Waals surface area contributed by atoms with E-state index < -0.39 is 60.0 Å². The van der Waals surface area contributed by atoms with Crippen LogP contribution < -0.4 is 22.1 Å². The van der Waals surface area contributed by atoms with Gasteiger partial charge in [0.2, 0.25) is 0 Å². The quantitative estimate of drug-likeness (QED) is 0.332. The summed E-state index contributed by atoms with van der Waals surface area (Å²) in [4.78, 5) is 17.9. The van der Waals surface area contributed by atoms with Crippen molar-refractivity contribution in [1.29, 1.82) is 0 Å². The van der Waals surface area contributed by atoms with Gasteiger partial charge in [0, 0.05) is 24.9 Å². The fourth-order valence-electron chi connectivity index (χ4n) is 7.21. The van der Waals surface area contributed by atoms with Crippen molar-refractivity contribution in [2.24, 2.45) is 23.3 Å². The second kappa shape index (κ2) is 9.31. The van der Waals surface area contributed by atoms with Crippen molar-refractivity contribution in [1.82, 2.24) is 19.9 Å². The first-order chi connectivity index (χ1) is 19.9. The van der Waals surface area contributed by atoms with Gasteiger partial charge in [0.15, 0.2) is 0 Å². The molecule has 6 heterocycles. The molecular weight excluding hydrogens is 538 g/mol. The number of fused-ring (bicyclic) bond motifs is 2. The number of rotatable bonds is 0. The van der Waals surface area contributed by atoms with E-state index in [-0.39, 0.29) is 26.1 Å². The molecule has 2 spiro atoms. The van der Waals surface area contributed by atoms with E-state index in [1.165, 1.54) is 12.7 Å². The number of alkyl halides is 2. The lowest BCUT2D eigenvalue weighted by Crippen LogP contribution is -2.39. The molecule has 6 aliphatic rings. The molecule has 218 valence electrons. The molecule has 4 aliphatic heterocycles. The standard InChI is InChI=1S/C27H32F2N8O4/c28-18-12-6-26-16-20(26)34-10-36-24(16)32-4-2-1-3-5-33-25-17-21(35-11-37-25)27(17,39-9-15(12)41-22(18)30)7-13-14(8-38-26)40-23(31)19(13)29/h1-2,10-15,18-19,22-23H,3-9,30-31H2,(H,32,34,36)(H,33,35,37)/b2-1+/t12-,13-,14-,15-,18-,19-,22-,23-,26?,27?/m1/s1. The molecule has 0 saturated carbocycles. The van der Waals surface area contributed by atoms with Crippen LogP contribution in [-0.2, 0) is 30.1 Å². The predicted molar refractivity (Wildman–Crippen MR) is 140 cm³/mol. The van der Waals surface area contributed by atoms with E-state index in [9.17, 15) is 0 Å². The molecule has 6 N–H and O–H groups in total. The molecule has 2 bridgehead atoms. The molecular formula is C27H32F2N8O4. The first-order valence-electron chi connectivity index (χ1n) is 14.2. The molecule has 2 unspecified atom stereocenters. The van der Waals surface area contributed by atoms with E-state index in [1.54, 1.807) is 0 Å². The van der Waals surface area contributed by atoms with Crippen LogP contribution in [-0.4, -0.2) is 83.2 Å². The van der Waals surface area contributed by atoms with Gasteiger partial charge in [0.1, 0.15) is 60.3 Å². The normalized spacial score (nSPS) is 43.3. The maximum atomic E-state index is 15.7. The number of hydrogen-bond donors (Lipinski definition) is 4. The lowest BCUT2D eigenvalue weighted by Gasteiger charge is -2.31. The van der Waals surface area contributed by atoms with E-state index in [0.29, 0.717) is 36.1 Å². The van der Waals surface area contributed by atoms with Gasteiger partial charge in [0.05, 0.1) is 47.9 Å². The Bertz CT molecular complexity index is 1400. The smallest absolute Gasteiger partial charge is 0.145 e. The Labute approximate surface area is 234 Å². The minimum atomic E-state index is -1.46. The number of hydrogen-bond acceptors (Lipinski definition) is 12. The zero-order valence-corrected chi connectivity index (χ0v) is 22.2. The van der Waals surface area contributed by atoms with E-state index in [1.807, 2.05) is 6.08 Å². The summed E-state index contributed by atoms with van der Waals surface area (Å²) in [5, 5.41) is 6.71. The fraction of sp³-hybridized carbons (Fsp3) is 0.630. The SMILES string of the molecule is N[C@@H]1O[C@@H]2COC34C[C@H]5[C@@H](F)[C@H](N)O[C@@H]5COC5(C[C@H]2[C@H]1F)c1ncnc(c15)NCC/C=C/CNc1ncnc3c14. The largest absolute Gasteiger partial charge is 0.369 e. The summed E-state index contributed by atoms with van der Waals surface area (Å²) in [5.41, 5.74) is 12.9. The van der Waals surface area contributed by atoms with Crippen LogP contribution in [0.3, 0.4) is 0 Å². The Kier molecular flexibility index (Phi) is 5.86. The first kappa shape index (κ1) is 25.8. The van der Waals surface area contributed by atoms with Gasteiger partial charge in [-0.1, -0.05) is 12.2 Å². The van der Waals surface area contributed by atoms with Crippen LogP contribution in [0, 0.1) is 11.8 Å². The molecule has 0 aromatic carbocycles. The van der Waals surface area contributed by atoms with Gasteiger partial charge >= 0.3 is 0 Å². The molecule has 3 saturated heterocycles. The molecule has 3 fully saturated rings. The van der Waals surface area contributed by atoms with Gasteiger partial charge in [-0.25, -0.2) is 28.7 Å². The second-order valence-electron chi connectivity index (χ2n) is 11.6. The van der Waals surface area contributed by atoms with E-state index in [4.69, 9.17) is 30.4 Å². The third-order valence-corrected chi connectivity index (χ3v) is 9.40. The summed E-state index contributed by atoms with van der Waals surface area (Å²) in [7, 11) is 0. The van der Waals surface area contributed by atoms with Crippen LogP contribution in [0.4, 0.5) is 20.4 Å². The average Bonchev–Trinajstić information content (AvgIpc) is 3.75. The van der Waals surface area contributed by atoms with Crippen molar-refractivity contribution < 1.29 is 27.7 Å². The van der Waals surface area contributed by atoms with E-state index in [2.05, 4.69) is 36.6 Å². The van der Waals surface area contributed by atoms with E-state index >= 15 is 8.78 Å². The molecule has 2 aromatic rings. The summed E-state index contributed by atoms with van der Waals surface area (Å²) in [6, 6.07) is 0. The van der Waals surface area contributed by atoms with Gasteiger partial charge < -0.3 is 41.0 Å². The second-order valence-corrected chi connectivity index (χ2v) is 11.6. The molecule has 0 radical (unpaired) electrons. The number of nitrogens with two attached hydrogens (primary N) is 2. The Morgan fingerprint density at radius 2 is 1.29 bits per heavy atom. The summed E-state index contributed by atoms with van der Waals surface area (Å²) in [5.74, 6) is -0.0936. The van der Waals surface area contributed by atoms with Crippen LogP contribution in [0.1, 0.15) is 41.8 Å². The molecule has 2 aromatic heterocycles. The van der Waals surface area contributed by atoms with Crippen molar-refractivity contribution in [2.45, 2.75) is 67.5 Å². The highest BCUT2D eigenvalue weighted by atomic mass is 19.1. The molecule has 12 nitrogen and oxygen atoms in total. The molecule has 0 amide bonds. The van der Waals surface area contributed by atoms with Crippen LogP contribution in [0.5, 0.6) is 0 Å². The average molecular weight is 571 g/mol. The predicted octanol–water partition coefficient (Wildman–Crippen LogP) is 0.967. The minimum Gasteiger partial charge on any atom is -0.369 e. The first-order valence-corrected chi connectivity index (χ1v) is 14.2. The number of nitrogens with zero attached hydrogens (tertiary/aromatic N) is 4. The van der Waals surface area contributed by atoms with Crippen molar-refractivity contribution in [3.05, 3.63) is 47.3 Å². The van der Waals surface area contributed by atoms with Crippen molar-refractivity contribution in [2.75, 3.05) is 36.9 Å². The van der Waals surface area contributed by atoms with Gasteiger partial charge in [-0.2, -0.15) is 0 Å². The van der Waals surface area contributed by atoms with E-state index in [0.717, 1.165) is 17.5 Å². The number of ether oxygens (including phenoxy) is 4. The molecule has 41 heavy (non-hydrogen) atoms. The third kappa shape index (κ3) is 3.85. The highest BCUT2D eigenvalue weighted by Crippen LogP contribution is 2.61. The Morgan fingerprint density at radius 1 is 0.756 bits per heavy atom. The lowest BCUT2D eigenvalue weighted by atomic mass is 9.88. The van der Waals surface area contributed by atoms with Gasteiger partial charge in [-0.15, -0.1) is 0 Å². The van der Waals surface area contributed by atoms with Crippen LogP contribution >= 0.6 is 0 Å². The van der Waals surface area contributed by atoms with Gasteiger partial charge in [-0.3, -0.25) is 0 Å². The zero-order chi connectivity index (χ0) is 27.9. The molecule has 10 atom stereocenters. The summed E-state index contributed by atoms with van der Waals surface area (Å²) in [6.45, 7) is 1.17. The zero-order valence-electron chi connectivity index (χ0n) is 22.2. The monoisotopic (exact) mass is 570 g/mol. The van der Waals surface area contributed by atoms with Crippen molar-refractivity contribution in [3.8, 4) is 0 Å². The van der Waals surface area contributed by atoms with Gasteiger partial charge in [-0.05, 0) is 19.3 Å². The highest BCUT2D eigenvalue weighted by Gasteiger charge is 2.65. The van der Waals surface area contributed by atoms with Crippen molar-refractivity contribution in [3.63, 3.8) is 0 Å². The van der Waals surface area contributed by atoms with Crippen LogP contribution in [0.2, 0.25) is 0 Å². The van der Waals surface area contributed by atoms with Crippen LogP contribution in [0.15, 0.2) is 24.8 Å². The fourth-order valence-corrected chi connectivity index (χ4v) is 7.21. The maximum absolute atomic E-state index is 15.7. The minimum absolute atomic E-state index is 0.0128. The van der Waals surface area contributed by atoms with Crippen molar-refractivity contribution >= 4 is 11.6 Å². The third-order valence-electron chi connectivity index (χ3n) is 9.40. The highest BCUT2D eigenvalue weighted by molar-refractivity contribution is 5.67. The number of aromatic nitrogens is 4. The van der Waals surface area contributed by atoms with Gasteiger partial charge in [0.25, 0.3) is 0 Å². The Balaban J connectivity index is 1.25. The Morgan fingerprint density at radius 3 is 1.85 bits per heavy atom. The Hall–Kier alpha value is -2.88. The maximum Gasteiger partial charge on any atom is 0.145 e. The lowest BCUT2D eigenvalue weighted by molar-refractivity contribution is -0.111. The molecule has 14 heteroatoms. The number of halogens is 2. The number of anilines is 2. The molecule has 2 aliphatic carbocycles. The summed E-state index contributed by atoms with van der Waals surface area (Å²) >= 11 is 0.